The first-order valence-electron chi connectivity index (χ1n) is 10.7. The van der Waals surface area contributed by atoms with Gasteiger partial charge in [-0.1, -0.05) is 25.0 Å². The maximum Gasteiger partial charge on any atom is 0.239 e. The second-order valence-corrected chi connectivity index (χ2v) is 9.28. The summed E-state index contributed by atoms with van der Waals surface area (Å²) in [4.78, 5) is 19.7. The van der Waals surface area contributed by atoms with Crippen molar-refractivity contribution in [2.75, 3.05) is 25.0 Å². The van der Waals surface area contributed by atoms with Crippen LogP contribution in [0.25, 0.3) is 10.2 Å². The molecule has 3 aromatic rings. The average Bonchev–Trinajstić information content (AvgIpc) is 3.48. The molecule has 2 aromatic heterocycles. The summed E-state index contributed by atoms with van der Waals surface area (Å²) in [6.07, 6.45) is 8.73. The van der Waals surface area contributed by atoms with Crippen molar-refractivity contribution in [1.82, 2.24) is 19.7 Å². The minimum Gasteiger partial charge on any atom is -0.310 e. The molecular formula is C22H27N5OS. The van der Waals surface area contributed by atoms with Gasteiger partial charge in [-0.25, -0.2) is 9.67 Å². The molecule has 1 saturated heterocycles. The number of anilines is 1. The number of piperidine rings is 1. The maximum atomic E-state index is 12.6. The van der Waals surface area contributed by atoms with E-state index in [0.29, 0.717) is 18.5 Å². The van der Waals surface area contributed by atoms with Gasteiger partial charge in [-0.3, -0.25) is 9.69 Å². The fourth-order valence-electron chi connectivity index (χ4n) is 4.64. The quantitative estimate of drug-likeness (QED) is 0.677. The highest BCUT2D eigenvalue weighted by Gasteiger charge is 2.25. The van der Waals surface area contributed by atoms with Gasteiger partial charge >= 0.3 is 0 Å². The highest BCUT2D eigenvalue weighted by Crippen LogP contribution is 2.34. The number of benzene rings is 1. The van der Waals surface area contributed by atoms with E-state index < -0.39 is 0 Å². The van der Waals surface area contributed by atoms with Gasteiger partial charge in [0.2, 0.25) is 5.91 Å². The third kappa shape index (κ3) is 4.07. The molecule has 152 valence electrons. The summed E-state index contributed by atoms with van der Waals surface area (Å²) >= 11 is 1.82. The zero-order valence-electron chi connectivity index (χ0n) is 16.6. The number of hydrogen-bond donors (Lipinski definition) is 1. The second-order valence-electron chi connectivity index (χ2n) is 8.22. The number of carbonyl (C=O) groups excluding carboxylic acids is 1. The Bertz CT molecular complexity index is 949. The lowest BCUT2D eigenvalue weighted by atomic mass is 9.97. The molecule has 2 fully saturated rings. The molecule has 6 nitrogen and oxygen atoms in total. The molecule has 3 heterocycles. The van der Waals surface area contributed by atoms with Crippen LogP contribution in [0.2, 0.25) is 0 Å². The van der Waals surface area contributed by atoms with Crippen molar-refractivity contribution in [3.8, 4) is 0 Å². The van der Waals surface area contributed by atoms with Crippen molar-refractivity contribution < 1.29 is 4.79 Å². The minimum atomic E-state index is 0.0585. The first-order chi connectivity index (χ1) is 14.3. The zero-order chi connectivity index (χ0) is 19.6. The van der Waals surface area contributed by atoms with E-state index in [1.54, 1.807) is 6.20 Å². The van der Waals surface area contributed by atoms with Crippen molar-refractivity contribution in [3.05, 3.63) is 41.5 Å². The van der Waals surface area contributed by atoms with Crippen molar-refractivity contribution in [1.29, 1.82) is 0 Å². The molecule has 0 bridgehead atoms. The molecule has 1 saturated carbocycles. The van der Waals surface area contributed by atoms with Crippen LogP contribution >= 0.6 is 11.3 Å². The van der Waals surface area contributed by atoms with E-state index in [-0.39, 0.29) is 5.91 Å². The Kier molecular flexibility index (Phi) is 5.33. The summed E-state index contributed by atoms with van der Waals surface area (Å²) in [6, 6.07) is 10.7. The predicted octanol–water partition coefficient (Wildman–Crippen LogP) is 4.43. The molecule has 0 spiro atoms. The maximum absolute atomic E-state index is 12.6. The van der Waals surface area contributed by atoms with E-state index in [9.17, 15) is 4.79 Å². The van der Waals surface area contributed by atoms with Crippen LogP contribution < -0.4 is 5.32 Å². The third-order valence-electron chi connectivity index (χ3n) is 6.22. The highest BCUT2D eigenvalue weighted by molar-refractivity contribution is 7.18. The zero-order valence-corrected chi connectivity index (χ0v) is 17.4. The van der Waals surface area contributed by atoms with Gasteiger partial charge in [0, 0.05) is 12.0 Å². The van der Waals surface area contributed by atoms with E-state index in [1.165, 1.54) is 22.5 Å². The number of hydrogen-bond acceptors (Lipinski definition) is 5. The first kappa shape index (κ1) is 18.8. The highest BCUT2D eigenvalue weighted by atomic mass is 32.1. The summed E-state index contributed by atoms with van der Waals surface area (Å²) in [5, 5.41) is 8.77. The van der Waals surface area contributed by atoms with Crippen LogP contribution in [0.1, 0.15) is 55.5 Å². The third-order valence-corrected chi connectivity index (χ3v) is 7.42. The van der Waals surface area contributed by atoms with Crippen LogP contribution in [0.4, 0.5) is 5.82 Å². The van der Waals surface area contributed by atoms with Crippen molar-refractivity contribution in [2.24, 2.45) is 0 Å². The number of carbonyl (C=O) groups is 1. The van der Waals surface area contributed by atoms with Gasteiger partial charge in [-0.15, -0.1) is 11.3 Å². The van der Waals surface area contributed by atoms with Crippen molar-refractivity contribution >= 4 is 33.3 Å². The van der Waals surface area contributed by atoms with E-state index >= 15 is 0 Å². The minimum absolute atomic E-state index is 0.0585. The van der Waals surface area contributed by atoms with Gasteiger partial charge in [-0.05, 0) is 50.9 Å². The molecule has 0 atom stereocenters. The Morgan fingerprint density at radius 3 is 2.69 bits per heavy atom. The lowest BCUT2D eigenvalue weighted by Crippen LogP contribution is -2.39. The van der Waals surface area contributed by atoms with Crippen LogP contribution in [0, 0.1) is 0 Å². The van der Waals surface area contributed by atoms with Crippen molar-refractivity contribution in [2.45, 2.75) is 50.5 Å². The molecule has 0 unspecified atom stereocenters. The summed E-state index contributed by atoms with van der Waals surface area (Å²) in [5.41, 5.74) is 1.10. The number of aromatic nitrogens is 3. The van der Waals surface area contributed by atoms with Crippen LogP contribution in [0.15, 0.2) is 36.5 Å². The van der Waals surface area contributed by atoms with Gasteiger partial charge in [0.05, 0.1) is 34.0 Å². The van der Waals surface area contributed by atoms with Crippen LogP contribution in [0.5, 0.6) is 0 Å². The standard InChI is InChI=1S/C22H27N5OS/c28-21(25-20-9-12-23-27(20)17-5-1-2-6-17)15-26-13-10-16(11-14-26)22-24-18-7-3-4-8-19(18)29-22/h3-4,7-9,12,16-17H,1-2,5-6,10-11,13-15H2,(H,25,28). The smallest absolute Gasteiger partial charge is 0.239 e. The van der Waals surface area contributed by atoms with Gasteiger partial charge in [-0.2, -0.15) is 5.10 Å². The Hall–Kier alpha value is -2.25. The lowest BCUT2D eigenvalue weighted by Gasteiger charge is -2.30. The fraction of sp³-hybridized carbons (Fsp3) is 0.500. The second kappa shape index (κ2) is 8.24. The van der Waals surface area contributed by atoms with Gasteiger partial charge in [0.15, 0.2) is 0 Å². The Balaban J connectivity index is 1.15. The molecule has 1 aliphatic heterocycles. The van der Waals surface area contributed by atoms with Gasteiger partial charge in [0.1, 0.15) is 5.82 Å². The van der Waals surface area contributed by atoms with E-state index in [0.717, 1.165) is 50.1 Å². The summed E-state index contributed by atoms with van der Waals surface area (Å²) < 4.78 is 3.27. The number of fused-ring (bicyclic) bond motifs is 1. The Labute approximate surface area is 174 Å². The predicted molar refractivity (Wildman–Crippen MR) is 116 cm³/mol. The monoisotopic (exact) mass is 409 g/mol. The largest absolute Gasteiger partial charge is 0.310 e. The SMILES string of the molecule is O=C(CN1CCC(c2nc3ccccc3s2)CC1)Nc1ccnn1C1CCCC1. The lowest BCUT2D eigenvalue weighted by molar-refractivity contribution is -0.117. The summed E-state index contributed by atoms with van der Waals surface area (Å²) in [6.45, 7) is 2.33. The van der Waals surface area contributed by atoms with E-state index in [2.05, 4.69) is 33.5 Å². The Morgan fingerprint density at radius 2 is 1.90 bits per heavy atom. The molecule has 29 heavy (non-hydrogen) atoms. The number of likely N-dealkylation sites (tertiary alicyclic amines) is 1. The van der Waals surface area contributed by atoms with Gasteiger partial charge in [0.25, 0.3) is 0 Å². The molecule has 1 N–H and O–H groups in total. The van der Waals surface area contributed by atoms with Crippen LogP contribution in [-0.2, 0) is 4.79 Å². The summed E-state index contributed by atoms with van der Waals surface area (Å²) in [7, 11) is 0. The van der Waals surface area contributed by atoms with E-state index in [4.69, 9.17) is 4.98 Å². The van der Waals surface area contributed by atoms with Crippen LogP contribution in [0.3, 0.4) is 0 Å². The van der Waals surface area contributed by atoms with Gasteiger partial charge < -0.3 is 5.32 Å². The average molecular weight is 410 g/mol. The number of thiazole rings is 1. The molecule has 5 rings (SSSR count). The molecular weight excluding hydrogens is 382 g/mol. The van der Waals surface area contributed by atoms with Crippen LogP contribution in [-0.4, -0.2) is 45.2 Å². The molecule has 7 heteroatoms. The first-order valence-corrected chi connectivity index (χ1v) is 11.5. The molecule has 1 aromatic carbocycles. The summed E-state index contributed by atoms with van der Waals surface area (Å²) in [5.74, 6) is 1.41. The number of para-hydroxylation sites is 1. The molecule has 0 radical (unpaired) electrons. The molecule has 2 aliphatic rings. The normalized spacial score (nSPS) is 19.2. The number of amides is 1. The Morgan fingerprint density at radius 1 is 1.10 bits per heavy atom. The van der Waals surface area contributed by atoms with E-state index in [1.807, 2.05) is 28.2 Å². The fourth-order valence-corrected chi connectivity index (χ4v) is 5.78. The molecule has 1 amide bonds. The number of nitrogens with zero attached hydrogens (tertiary/aromatic N) is 4. The van der Waals surface area contributed by atoms with Crippen molar-refractivity contribution in [3.63, 3.8) is 0 Å². The number of rotatable bonds is 5. The topological polar surface area (TPSA) is 63.1 Å². The molecule has 1 aliphatic carbocycles. The number of nitrogens with one attached hydrogen (secondary N) is 1.